The molecule has 10 heteroatoms. The number of primary amides is 1. The van der Waals surface area contributed by atoms with Gasteiger partial charge < -0.3 is 21.5 Å². The van der Waals surface area contributed by atoms with E-state index in [0.717, 1.165) is 17.5 Å². The van der Waals surface area contributed by atoms with Crippen molar-refractivity contribution in [3.63, 3.8) is 0 Å². The number of hydrogen-bond acceptors (Lipinski definition) is 6. The SMILES string of the molecule is NC(=O)Nc1ccc(S(=O)(=O)Nc2ccc(CCNCC(O)c3cccnc3)cc2)cc1. The van der Waals surface area contributed by atoms with E-state index in [0.29, 0.717) is 24.5 Å². The van der Waals surface area contributed by atoms with Gasteiger partial charge in [-0.2, -0.15) is 0 Å². The number of aliphatic hydroxyl groups excluding tert-OH is 1. The third kappa shape index (κ3) is 6.77. The van der Waals surface area contributed by atoms with E-state index < -0.39 is 22.2 Å². The number of nitrogens with two attached hydrogens (primary N) is 1. The number of nitrogens with zero attached hydrogens (tertiary/aromatic N) is 1. The van der Waals surface area contributed by atoms with Gasteiger partial charge in [0.25, 0.3) is 10.0 Å². The van der Waals surface area contributed by atoms with Crippen LogP contribution in [0, 0.1) is 0 Å². The monoisotopic (exact) mass is 455 g/mol. The fourth-order valence-electron chi connectivity index (χ4n) is 2.98. The summed E-state index contributed by atoms with van der Waals surface area (Å²) >= 11 is 0. The molecule has 32 heavy (non-hydrogen) atoms. The first-order valence-electron chi connectivity index (χ1n) is 9.90. The van der Waals surface area contributed by atoms with E-state index in [4.69, 9.17) is 5.73 Å². The predicted octanol–water partition coefficient (Wildman–Crippen LogP) is 2.24. The quantitative estimate of drug-likeness (QED) is 0.296. The smallest absolute Gasteiger partial charge is 0.316 e. The number of nitrogens with one attached hydrogen (secondary N) is 3. The molecule has 0 spiro atoms. The normalized spacial score (nSPS) is 12.2. The Morgan fingerprint density at radius 1 is 1.03 bits per heavy atom. The van der Waals surface area contributed by atoms with Crippen molar-refractivity contribution in [1.29, 1.82) is 0 Å². The molecule has 1 aromatic heterocycles. The molecule has 1 atom stereocenters. The molecule has 0 fully saturated rings. The average molecular weight is 456 g/mol. The van der Waals surface area contributed by atoms with Crippen molar-refractivity contribution >= 4 is 27.4 Å². The van der Waals surface area contributed by atoms with Gasteiger partial charge in [-0.3, -0.25) is 9.71 Å². The lowest BCUT2D eigenvalue weighted by molar-refractivity contribution is 0.174. The highest BCUT2D eigenvalue weighted by molar-refractivity contribution is 7.92. The predicted molar refractivity (Wildman–Crippen MR) is 123 cm³/mol. The molecule has 0 aliphatic carbocycles. The maximum absolute atomic E-state index is 12.6. The zero-order valence-electron chi connectivity index (χ0n) is 17.2. The molecule has 1 heterocycles. The van der Waals surface area contributed by atoms with Crippen molar-refractivity contribution in [2.45, 2.75) is 17.4 Å². The summed E-state index contributed by atoms with van der Waals surface area (Å²) in [6, 6.07) is 15.6. The van der Waals surface area contributed by atoms with E-state index in [2.05, 4.69) is 20.3 Å². The van der Waals surface area contributed by atoms with Crippen molar-refractivity contribution in [3.8, 4) is 0 Å². The zero-order valence-corrected chi connectivity index (χ0v) is 18.0. The average Bonchev–Trinajstić information content (AvgIpc) is 2.78. The number of carbonyl (C=O) groups excluding carboxylic acids is 1. The summed E-state index contributed by atoms with van der Waals surface area (Å²) in [5, 5.41) is 15.7. The second-order valence-electron chi connectivity index (χ2n) is 7.07. The number of carbonyl (C=O) groups is 1. The van der Waals surface area contributed by atoms with Crippen molar-refractivity contribution in [1.82, 2.24) is 10.3 Å². The van der Waals surface area contributed by atoms with E-state index in [9.17, 15) is 18.3 Å². The lowest BCUT2D eigenvalue weighted by atomic mass is 10.1. The Morgan fingerprint density at radius 3 is 2.34 bits per heavy atom. The summed E-state index contributed by atoms with van der Waals surface area (Å²) in [5.41, 5.74) is 7.67. The van der Waals surface area contributed by atoms with E-state index in [1.54, 1.807) is 30.6 Å². The summed E-state index contributed by atoms with van der Waals surface area (Å²) in [4.78, 5) is 14.9. The van der Waals surface area contributed by atoms with Gasteiger partial charge in [-0.25, -0.2) is 13.2 Å². The van der Waals surface area contributed by atoms with E-state index in [1.165, 1.54) is 24.3 Å². The minimum atomic E-state index is -3.77. The number of anilines is 2. The largest absolute Gasteiger partial charge is 0.387 e. The second kappa shape index (κ2) is 10.7. The first-order chi connectivity index (χ1) is 15.3. The fraction of sp³-hybridized carbons (Fsp3) is 0.182. The molecule has 9 nitrogen and oxygen atoms in total. The van der Waals surface area contributed by atoms with Crippen molar-refractivity contribution in [2.24, 2.45) is 5.73 Å². The number of rotatable bonds is 10. The Morgan fingerprint density at radius 2 is 1.72 bits per heavy atom. The maximum atomic E-state index is 12.6. The summed E-state index contributed by atoms with van der Waals surface area (Å²) < 4.78 is 27.6. The lowest BCUT2D eigenvalue weighted by Gasteiger charge is -2.12. The zero-order chi connectivity index (χ0) is 23.0. The standard InChI is InChI=1S/C22H25N5O4S/c23-22(29)26-18-7-9-20(10-8-18)32(30,31)27-19-5-3-16(4-6-19)11-13-25-15-21(28)17-2-1-12-24-14-17/h1-10,12,14,21,25,27-28H,11,13,15H2,(H3,23,26,29). The second-order valence-corrected chi connectivity index (χ2v) is 8.75. The number of aliphatic hydroxyl groups is 1. The third-order valence-corrected chi connectivity index (χ3v) is 6.03. The first kappa shape index (κ1) is 23.2. The molecule has 0 saturated heterocycles. The van der Waals surface area contributed by atoms with Crippen LogP contribution >= 0.6 is 0 Å². The molecule has 2 aromatic carbocycles. The Labute approximate surface area is 186 Å². The Kier molecular flexibility index (Phi) is 7.77. The molecule has 1 unspecified atom stereocenters. The number of benzene rings is 2. The number of hydrogen-bond donors (Lipinski definition) is 5. The molecule has 0 aliphatic rings. The van der Waals surface area contributed by atoms with Gasteiger partial charge >= 0.3 is 6.03 Å². The Hall–Kier alpha value is -3.47. The van der Waals surface area contributed by atoms with Gasteiger partial charge in [0.15, 0.2) is 0 Å². The summed E-state index contributed by atoms with van der Waals surface area (Å²) in [5.74, 6) is 0. The number of urea groups is 1. The van der Waals surface area contributed by atoms with Crippen molar-refractivity contribution < 1.29 is 18.3 Å². The highest BCUT2D eigenvalue weighted by Gasteiger charge is 2.14. The Bertz CT molecular complexity index is 1120. The minimum Gasteiger partial charge on any atom is -0.387 e. The number of aromatic nitrogens is 1. The van der Waals surface area contributed by atoms with Crippen LogP contribution in [0.2, 0.25) is 0 Å². The van der Waals surface area contributed by atoms with Crippen LogP contribution in [0.5, 0.6) is 0 Å². The Balaban J connectivity index is 1.49. The molecule has 0 bridgehead atoms. The molecule has 0 aliphatic heterocycles. The van der Waals surface area contributed by atoms with E-state index >= 15 is 0 Å². The van der Waals surface area contributed by atoms with Crippen molar-refractivity contribution in [3.05, 3.63) is 84.2 Å². The highest BCUT2D eigenvalue weighted by Crippen LogP contribution is 2.19. The van der Waals surface area contributed by atoms with Crippen LogP contribution in [0.25, 0.3) is 0 Å². The van der Waals surface area contributed by atoms with Crippen LogP contribution in [0.15, 0.2) is 78.0 Å². The van der Waals surface area contributed by atoms with Crippen LogP contribution < -0.4 is 21.1 Å². The van der Waals surface area contributed by atoms with Gasteiger partial charge in [0.2, 0.25) is 0 Å². The van der Waals surface area contributed by atoms with Gasteiger partial charge in [0.05, 0.1) is 11.0 Å². The maximum Gasteiger partial charge on any atom is 0.316 e. The molecule has 3 aromatic rings. The molecular formula is C22H25N5O4S. The summed E-state index contributed by atoms with van der Waals surface area (Å²) in [6.07, 6.45) is 3.40. The summed E-state index contributed by atoms with van der Waals surface area (Å²) in [7, 11) is -3.77. The van der Waals surface area contributed by atoms with Gasteiger partial charge in [-0.1, -0.05) is 18.2 Å². The first-order valence-corrected chi connectivity index (χ1v) is 11.4. The third-order valence-electron chi connectivity index (χ3n) is 4.64. The molecule has 168 valence electrons. The van der Waals surface area contributed by atoms with Crippen LogP contribution in [-0.2, 0) is 16.4 Å². The molecule has 6 N–H and O–H groups in total. The van der Waals surface area contributed by atoms with Crippen LogP contribution in [0.4, 0.5) is 16.2 Å². The van der Waals surface area contributed by atoms with Crippen LogP contribution in [0.1, 0.15) is 17.2 Å². The number of pyridine rings is 1. The van der Waals surface area contributed by atoms with Gasteiger partial charge in [0, 0.05) is 35.9 Å². The van der Waals surface area contributed by atoms with E-state index in [-0.39, 0.29) is 4.90 Å². The minimum absolute atomic E-state index is 0.0629. The fourth-order valence-corrected chi connectivity index (χ4v) is 4.03. The lowest BCUT2D eigenvalue weighted by Crippen LogP contribution is -2.23. The molecular weight excluding hydrogens is 430 g/mol. The molecule has 2 amide bonds. The topological polar surface area (TPSA) is 146 Å². The van der Waals surface area contributed by atoms with E-state index in [1.807, 2.05) is 18.2 Å². The van der Waals surface area contributed by atoms with Crippen LogP contribution in [-0.4, -0.2) is 37.6 Å². The van der Waals surface area contributed by atoms with Gasteiger partial charge in [0.1, 0.15) is 0 Å². The highest BCUT2D eigenvalue weighted by atomic mass is 32.2. The van der Waals surface area contributed by atoms with Gasteiger partial charge in [-0.15, -0.1) is 0 Å². The molecule has 0 saturated carbocycles. The molecule has 0 radical (unpaired) electrons. The number of amides is 2. The van der Waals surface area contributed by atoms with Crippen molar-refractivity contribution in [2.75, 3.05) is 23.1 Å². The van der Waals surface area contributed by atoms with Gasteiger partial charge in [-0.05, 0) is 61.0 Å². The number of sulfonamides is 1. The van der Waals surface area contributed by atoms with Crippen LogP contribution in [0.3, 0.4) is 0 Å². The molecule has 3 rings (SSSR count). The summed E-state index contributed by atoms with van der Waals surface area (Å²) in [6.45, 7) is 1.07.